The fourth-order valence-corrected chi connectivity index (χ4v) is 1.86. The summed E-state index contributed by atoms with van der Waals surface area (Å²) >= 11 is 0. The first-order valence-corrected chi connectivity index (χ1v) is 6.70. The first kappa shape index (κ1) is 14.8. The Morgan fingerprint density at radius 3 is 2.48 bits per heavy atom. The molecule has 0 N–H and O–H groups in total. The Morgan fingerprint density at radius 2 is 1.81 bits per heavy atom. The third-order valence-corrected chi connectivity index (χ3v) is 2.92. The monoisotopic (exact) mass is 281 g/mol. The second-order valence-corrected chi connectivity index (χ2v) is 5.01. The standard InChI is InChI=1S/C9H12N2.C7H7N3/c1-7(2)4-9-5-10-6-11-8(9)3;1-10-3-2-6-4-8-5-9-7(6)10/h4-6H,1-3H3;2-5H,1H3. The first-order valence-electron chi connectivity index (χ1n) is 6.70. The summed E-state index contributed by atoms with van der Waals surface area (Å²) in [6, 6.07) is 2.00. The number of hydrogen-bond acceptors (Lipinski definition) is 4. The summed E-state index contributed by atoms with van der Waals surface area (Å²) in [6.07, 6.45) is 10.8. The summed E-state index contributed by atoms with van der Waals surface area (Å²) < 4.78 is 1.97. The highest BCUT2D eigenvalue weighted by Gasteiger charge is 1.95. The first-order chi connectivity index (χ1) is 10.1. The molecule has 0 fully saturated rings. The molecule has 3 heterocycles. The van der Waals surface area contributed by atoms with Crippen molar-refractivity contribution in [3.8, 4) is 0 Å². The number of aromatic nitrogens is 5. The van der Waals surface area contributed by atoms with Crippen LogP contribution in [-0.4, -0.2) is 24.5 Å². The van der Waals surface area contributed by atoms with Gasteiger partial charge in [-0.1, -0.05) is 11.6 Å². The summed E-state index contributed by atoms with van der Waals surface area (Å²) in [6.45, 7) is 6.11. The van der Waals surface area contributed by atoms with E-state index in [0.717, 1.165) is 22.3 Å². The minimum absolute atomic E-state index is 0.981. The van der Waals surface area contributed by atoms with Gasteiger partial charge < -0.3 is 4.57 Å². The Bertz CT molecular complexity index is 754. The predicted molar refractivity (Wildman–Crippen MR) is 84.6 cm³/mol. The van der Waals surface area contributed by atoms with Gasteiger partial charge in [0.25, 0.3) is 0 Å². The Hall–Kier alpha value is -2.56. The van der Waals surface area contributed by atoms with Crippen LogP contribution in [0.25, 0.3) is 17.1 Å². The van der Waals surface area contributed by atoms with Crippen molar-refractivity contribution in [3.63, 3.8) is 0 Å². The van der Waals surface area contributed by atoms with Crippen LogP contribution in [0.1, 0.15) is 25.1 Å². The molecule has 5 heteroatoms. The molecule has 0 atom stereocenters. The van der Waals surface area contributed by atoms with Gasteiger partial charge >= 0.3 is 0 Å². The molecule has 0 aromatic carbocycles. The molecule has 0 unspecified atom stereocenters. The Balaban J connectivity index is 0.000000154. The maximum absolute atomic E-state index is 4.09. The van der Waals surface area contributed by atoms with E-state index in [1.807, 2.05) is 43.2 Å². The predicted octanol–water partition coefficient (Wildman–Crippen LogP) is 3.18. The van der Waals surface area contributed by atoms with Gasteiger partial charge in [0, 0.05) is 42.3 Å². The lowest BCUT2D eigenvalue weighted by atomic mass is 10.2. The number of rotatable bonds is 1. The van der Waals surface area contributed by atoms with Crippen molar-refractivity contribution in [1.82, 2.24) is 24.5 Å². The van der Waals surface area contributed by atoms with Crippen LogP contribution in [-0.2, 0) is 7.05 Å². The van der Waals surface area contributed by atoms with Crippen LogP contribution in [0.15, 0.2) is 42.9 Å². The second-order valence-electron chi connectivity index (χ2n) is 5.01. The molecule has 0 radical (unpaired) electrons. The molecule has 0 aliphatic heterocycles. The molecule has 0 saturated carbocycles. The lowest BCUT2D eigenvalue weighted by Gasteiger charge is -1.96. The average Bonchev–Trinajstić information content (AvgIpc) is 2.84. The smallest absolute Gasteiger partial charge is 0.143 e. The molecule has 0 aliphatic carbocycles. The summed E-state index contributed by atoms with van der Waals surface area (Å²) in [5.41, 5.74) is 4.38. The Kier molecular flexibility index (Phi) is 4.77. The molecule has 0 saturated heterocycles. The molecule has 0 amide bonds. The number of hydrogen-bond donors (Lipinski definition) is 0. The molecule has 0 aliphatic rings. The molecule has 3 rings (SSSR count). The number of fused-ring (bicyclic) bond motifs is 1. The van der Waals surface area contributed by atoms with E-state index in [9.17, 15) is 0 Å². The fraction of sp³-hybridized carbons (Fsp3) is 0.250. The van der Waals surface area contributed by atoms with Crippen LogP contribution in [0.2, 0.25) is 0 Å². The van der Waals surface area contributed by atoms with Gasteiger partial charge in [0.15, 0.2) is 0 Å². The zero-order valence-electron chi connectivity index (χ0n) is 12.8. The molecule has 3 aromatic heterocycles. The molecule has 0 spiro atoms. The van der Waals surface area contributed by atoms with Gasteiger partial charge in [-0.15, -0.1) is 0 Å². The molecule has 0 bridgehead atoms. The van der Waals surface area contributed by atoms with E-state index in [1.54, 1.807) is 12.7 Å². The van der Waals surface area contributed by atoms with Crippen molar-refractivity contribution in [1.29, 1.82) is 0 Å². The van der Waals surface area contributed by atoms with Crippen molar-refractivity contribution < 1.29 is 0 Å². The highest BCUT2D eigenvalue weighted by Crippen LogP contribution is 2.08. The minimum atomic E-state index is 0.981. The summed E-state index contributed by atoms with van der Waals surface area (Å²) in [7, 11) is 1.97. The van der Waals surface area contributed by atoms with Crippen LogP contribution < -0.4 is 0 Å². The largest absolute Gasteiger partial charge is 0.335 e. The molecule has 108 valence electrons. The van der Waals surface area contributed by atoms with Gasteiger partial charge in [-0.25, -0.2) is 19.9 Å². The lowest BCUT2D eigenvalue weighted by Crippen LogP contribution is -1.87. The SMILES string of the molecule is CC(C)=Cc1cncnc1C.Cn1ccc2cncnc21. The van der Waals surface area contributed by atoms with Crippen molar-refractivity contribution >= 4 is 17.1 Å². The van der Waals surface area contributed by atoms with E-state index in [4.69, 9.17) is 0 Å². The van der Waals surface area contributed by atoms with Gasteiger partial charge in [0.2, 0.25) is 0 Å². The van der Waals surface area contributed by atoms with Crippen LogP contribution in [0.4, 0.5) is 0 Å². The third-order valence-electron chi connectivity index (χ3n) is 2.92. The maximum atomic E-state index is 4.09. The van der Waals surface area contributed by atoms with E-state index < -0.39 is 0 Å². The summed E-state index contributed by atoms with van der Waals surface area (Å²) in [5, 5.41) is 1.09. The summed E-state index contributed by atoms with van der Waals surface area (Å²) in [5.74, 6) is 0. The van der Waals surface area contributed by atoms with E-state index in [1.165, 1.54) is 5.57 Å². The van der Waals surface area contributed by atoms with E-state index in [2.05, 4.69) is 39.9 Å². The van der Waals surface area contributed by atoms with Crippen molar-refractivity contribution in [2.45, 2.75) is 20.8 Å². The molecule has 21 heavy (non-hydrogen) atoms. The normalized spacial score (nSPS) is 9.90. The zero-order chi connectivity index (χ0) is 15.2. The molecular weight excluding hydrogens is 262 g/mol. The highest BCUT2D eigenvalue weighted by atomic mass is 15.0. The third kappa shape index (κ3) is 3.95. The van der Waals surface area contributed by atoms with Gasteiger partial charge in [0.05, 0.1) is 0 Å². The quantitative estimate of drug-likeness (QED) is 0.687. The van der Waals surface area contributed by atoms with E-state index in [0.29, 0.717) is 0 Å². The van der Waals surface area contributed by atoms with E-state index >= 15 is 0 Å². The van der Waals surface area contributed by atoms with Gasteiger partial charge in [0.1, 0.15) is 18.3 Å². The summed E-state index contributed by atoms with van der Waals surface area (Å²) in [4.78, 5) is 16.0. The number of aryl methyl sites for hydroxylation is 2. The fourth-order valence-electron chi connectivity index (χ4n) is 1.86. The van der Waals surface area contributed by atoms with Crippen LogP contribution >= 0.6 is 0 Å². The van der Waals surface area contributed by atoms with Gasteiger partial charge in [-0.05, 0) is 26.8 Å². The van der Waals surface area contributed by atoms with Gasteiger partial charge in [-0.3, -0.25) is 0 Å². The Morgan fingerprint density at radius 1 is 1.10 bits per heavy atom. The van der Waals surface area contributed by atoms with Crippen LogP contribution in [0, 0.1) is 6.92 Å². The molecule has 5 nitrogen and oxygen atoms in total. The lowest BCUT2D eigenvalue weighted by molar-refractivity contribution is 0.943. The zero-order valence-corrected chi connectivity index (χ0v) is 12.8. The second kappa shape index (κ2) is 6.74. The van der Waals surface area contributed by atoms with E-state index in [-0.39, 0.29) is 0 Å². The molecule has 3 aromatic rings. The van der Waals surface area contributed by atoms with Crippen molar-refractivity contribution in [2.75, 3.05) is 0 Å². The maximum Gasteiger partial charge on any atom is 0.143 e. The molecular formula is C16H19N5. The van der Waals surface area contributed by atoms with Crippen molar-refractivity contribution in [3.05, 3.63) is 54.1 Å². The minimum Gasteiger partial charge on any atom is -0.335 e. The van der Waals surface area contributed by atoms with Crippen molar-refractivity contribution in [2.24, 2.45) is 7.05 Å². The number of nitrogens with zero attached hydrogens (tertiary/aromatic N) is 5. The van der Waals surface area contributed by atoms with Crippen LogP contribution in [0.3, 0.4) is 0 Å². The number of allylic oxidation sites excluding steroid dienone is 1. The highest BCUT2D eigenvalue weighted by molar-refractivity contribution is 5.74. The van der Waals surface area contributed by atoms with Crippen LogP contribution in [0.5, 0.6) is 0 Å². The topological polar surface area (TPSA) is 56.5 Å². The Labute approximate surface area is 124 Å². The average molecular weight is 281 g/mol. The van der Waals surface area contributed by atoms with Gasteiger partial charge in [-0.2, -0.15) is 0 Å².